The molecular weight excluding hydrogens is 398 g/mol. The maximum absolute atomic E-state index is 12.3. The molecule has 1 aromatic heterocycles. The lowest BCUT2D eigenvalue weighted by atomic mass is 9.85. The van der Waals surface area contributed by atoms with Crippen LogP contribution in [-0.2, 0) is 9.53 Å². The number of ether oxygens (including phenoxy) is 1. The van der Waals surface area contributed by atoms with Gasteiger partial charge in [0.05, 0.1) is 18.4 Å². The first-order chi connectivity index (χ1) is 14.0. The predicted octanol–water partition coefficient (Wildman–Crippen LogP) is 1.81. The number of nitrogens with one attached hydrogen (secondary N) is 3. The second-order valence-corrected chi connectivity index (χ2v) is 8.02. The molecule has 9 nitrogen and oxygen atoms in total. The standard InChI is InChI=1S/C19H28ClN5O4/c1-2-8-21-17(26)12-3-5-13(6-4-12)23-19(28)29-14-7-9-25(11-14)15-10-22-24-18(27)16(15)20/h10,12-14H,2-9,11H2,1H3,(H,21,26)(H,23,28)(H,24,27)/t12?,13?,14-/m1/s1. The van der Waals surface area contributed by atoms with Crippen LogP contribution in [-0.4, -0.2) is 54.0 Å². The van der Waals surface area contributed by atoms with E-state index in [0.717, 1.165) is 32.1 Å². The van der Waals surface area contributed by atoms with E-state index in [0.29, 0.717) is 31.7 Å². The smallest absolute Gasteiger partial charge is 0.407 e. The maximum Gasteiger partial charge on any atom is 0.407 e. The minimum Gasteiger partial charge on any atom is -0.444 e. The summed E-state index contributed by atoms with van der Waals surface area (Å²) in [6.45, 7) is 3.82. The fraction of sp³-hybridized carbons (Fsp3) is 0.684. The molecule has 2 amide bonds. The van der Waals surface area contributed by atoms with Crippen LogP contribution in [0.1, 0.15) is 45.4 Å². The van der Waals surface area contributed by atoms with Gasteiger partial charge in [-0.3, -0.25) is 9.59 Å². The number of carbonyl (C=O) groups is 2. The van der Waals surface area contributed by atoms with E-state index < -0.39 is 11.7 Å². The van der Waals surface area contributed by atoms with Crippen LogP contribution in [0.4, 0.5) is 10.5 Å². The molecule has 10 heteroatoms. The number of alkyl carbamates (subject to hydrolysis) is 1. The zero-order chi connectivity index (χ0) is 20.8. The molecule has 1 atom stereocenters. The van der Waals surface area contributed by atoms with Crippen molar-refractivity contribution in [2.45, 2.75) is 57.6 Å². The molecule has 0 unspecified atom stereocenters. The van der Waals surface area contributed by atoms with Crippen molar-refractivity contribution in [2.75, 3.05) is 24.5 Å². The lowest BCUT2D eigenvalue weighted by Gasteiger charge is -2.28. The first kappa shape index (κ1) is 21.4. The highest BCUT2D eigenvalue weighted by molar-refractivity contribution is 6.33. The first-order valence-corrected chi connectivity index (χ1v) is 10.6. The van der Waals surface area contributed by atoms with Gasteiger partial charge in [0.1, 0.15) is 11.1 Å². The maximum atomic E-state index is 12.3. The molecule has 0 bridgehead atoms. The molecule has 1 aromatic rings. The number of anilines is 1. The Morgan fingerprint density at radius 3 is 2.79 bits per heavy atom. The molecule has 2 fully saturated rings. The van der Waals surface area contributed by atoms with Gasteiger partial charge >= 0.3 is 6.09 Å². The lowest BCUT2D eigenvalue weighted by molar-refractivity contribution is -0.126. The highest BCUT2D eigenvalue weighted by Crippen LogP contribution is 2.27. The number of hydrogen-bond acceptors (Lipinski definition) is 6. The van der Waals surface area contributed by atoms with Crippen molar-refractivity contribution in [1.82, 2.24) is 20.8 Å². The van der Waals surface area contributed by atoms with E-state index in [-0.39, 0.29) is 29.0 Å². The number of nitrogens with zero attached hydrogens (tertiary/aromatic N) is 2. The van der Waals surface area contributed by atoms with Gasteiger partial charge < -0.3 is 20.3 Å². The minimum absolute atomic E-state index is 0.0292. The summed E-state index contributed by atoms with van der Waals surface area (Å²) in [4.78, 5) is 37.8. The van der Waals surface area contributed by atoms with Crippen molar-refractivity contribution >= 4 is 29.3 Å². The average Bonchev–Trinajstić information content (AvgIpc) is 3.16. The van der Waals surface area contributed by atoms with Gasteiger partial charge in [-0.1, -0.05) is 18.5 Å². The van der Waals surface area contributed by atoms with Crippen molar-refractivity contribution in [1.29, 1.82) is 0 Å². The highest BCUT2D eigenvalue weighted by atomic mass is 35.5. The Balaban J connectivity index is 1.41. The van der Waals surface area contributed by atoms with Crippen molar-refractivity contribution in [3.05, 3.63) is 21.6 Å². The second kappa shape index (κ2) is 9.96. The Labute approximate surface area is 174 Å². The number of H-pyrrole nitrogens is 1. The number of halogens is 1. The summed E-state index contributed by atoms with van der Waals surface area (Å²) in [5, 5.41) is 12.0. The Bertz CT molecular complexity index is 778. The molecule has 1 saturated heterocycles. The Kier molecular flexibility index (Phi) is 7.35. The fourth-order valence-electron chi connectivity index (χ4n) is 3.88. The van der Waals surface area contributed by atoms with E-state index >= 15 is 0 Å². The number of aromatic amines is 1. The summed E-state index contributed by atoms with van der Waals surface area (Å²) in [5.41, 5.74) is 0.104. The largest absolute Gasteiger partial charge is 0.444 e. The molecule has 1 saturated carbocycles. The second-order valence-electron chi connectivity index (χ2n) is 7.64. The molecule has 3 rings (SSSR count). The summed E-state index contributed by atoms with van der Waals surface area (Å²) in [7, 11) is 0. The Morgan fingerprint density at radius 2 is 2.07 bits per heavy atom. The number of hydrogen-bond donors (Lipinski definition) is 3. The monoisotopic (exact) mass is 425 g/mol. The molecule has 1 aliphatic heterocycles. The Morgan fingerprint density at radius 1 is 1.31 bits per heavy atom. The van der Waals surface area contributed by atoms with Crippen LogP contribution in [0, 0.1) is 5.92 Å². The van der Waals surface area contributed by atoms with E-state index in [1.165, 1.54) is 6.20 Å². The molecule has 2 heterocycles. The van der Waals surface area contributed by atoms with Gasteiger partial charge in [0.2, 0.25) is 5.91 Å². The fourth-order valence-corrected chi connectivity index (χ4v) is 4.09. The summed E-state index contributed by atoms with van der Waals surface area (Å²) in [6.07, 6.45) is 5.44. The van der Waals surface area contributed by atoms with Crippen LogP contribution in [0.5, 0.6) is 0 Å². The van der Waals surface area contributed by atoms with E-state index in [4.69, 9.17) is 16.3 Å². The van der Waals surface area contributed by atoms with Gasteiger partial charge in [-0.15, -0.1) is 0 Å². The van der Waals surface area contributed by atoms with Crippen molar-refractivity contribution < 1.29 is 14.3 Å². The van der Waals surface area contributed by atoms with E-state index in [1.54, 1.807) is 0 Å². The van der Waals surface area contributed by atoms with Crippen molar-refractivity contribution in [2.24, 2.45) is 5.92 Å². The molecule has 0 aromatic carbocycles. The van der Waals surface area contributed by atoms with Crippen LogP contribution in [0.3, 0.4) is 0 Å². The topological polar surface area (TPSA) is 116 Å². The van der Waals surface area contributed by atoms with Gasteiger partial charge in [-0.2, -0.15) is 5.10 Å². The number of rotatable bonds is 6. The van der Waals surface area contributed by atoms with Gasteiger partial charge in [0.15, 0.2) is 0 Å². The van der Waals surface area contributed by atoms with E-state index in [1.807, 2.05) is 11.8 Å². The van der Waals surface area contributed by atoms with Gasteiger partial charge in [0, 0.05) is 31.5 Å². The molecule has 1 aliphatic carbocycles. The van der Waals surface area contributed by atoms with Crippen LogP contribution < -0.4 is 21.1 Å². The van der Waals surface area contributed by atoms with Gasteiger partial charge in [-0.25, -0.2) is 9.89 Å². The zero-order valence-corrected chi connectivity index (χ0v) is 17.3. The zero-order valence-electron chi connectivity index (χ0n) is 16.6. The number of aromatic nitrogens is 2. The third-order valence-electron chi connectivity index (χ3n) is 5.51. The third-order valence-corrected chi connectivity index (χ3v) is 5.87. The van der Waals surface area contributed by atoms with Crippen LogP contribution >= 0.6 is 11.6 Å². The molecule has 0 spiro atoms. The third kappa shape index (κ3) is 5.62. The average molecular weight is 426 g/mol. The summed E-state index contributed by atoms with van der Waals surface area (Å²) < 4.78 is 5.54. The quantitative estimate of drug-likeness (QED) is 0.640. The molecule has 0 radical (unpaired) electrons. The van der Waals surface area contributed by atoms with Crippen LogP contribution in [0.15, 0.2) is 11.0 Å². The van der Waals surface area contributed by atoms with Crippen molar-refractivity contribution in [3.63, 3.8) is 0 Å². The lowest BCUT2D eigenvalue weighted by Crippen LogP contribution is -2.42. The predicted molar refractivity (Wildman–Crippen MR) is 109 cm³/mol. The van der Waals surface area contributed by atoms with E-state index in [9.17, 15) is 14.4 Å². The molecule has 3 N–H and O–H groups in total. The molecule has 2 aliphatic rings. The molecular formula is C19H28ClN5O4. The Hall–Kier alpha value is -2.29. The van der Waals surface area contributed by atoms with E-state index in [2.05, 4.69) is 20.8 Å². The SMILES string of the molecule is CCCNC(=O)C1CCC(NC(=O)O[C@@H]2CCN(c3cn[nH]c(=O)c3Cl)C2)CC1. The van der Waals surface area contributed by atoms with Crippen LogP contribution in [0.2, 0.25) is 5.02 Å². The van der Waals surface area contributed by atoms with Crippen molar-refractivity contribution in [3.8, 4) is 0 Å². The molecule has 160 valence electrons. The minimum atomic E-state index is -0.440. The highest BCUT2D eigenvalue weighted by Gasteiger charge is 2.30. The van der Waals surface area contributed by atoms with Gasteiger partial charge in [0.25, 0.3) is 5.56 Å². The van der Waals surface area contributed by atoms with Crippen LogP contribution in [0.25, 0.3) is 0 Å². The summed E-state index contributed by atoms with van der Waals surface area (Å²) in [6, 6.07) is 0.0292. The normalized spacial score (nSPS) is 24.2. The number of carbonyl (C=O) groups excluding carboxylic acids is 2. The first-order valence-electron chi connectivity index (χ1n) is 10.2. The summed E-state index contributed by atoms with van der Waals surface area (Å²) >= 11 is 6.04. The summed E-state index contributed by atoms with van der Waals surface area (Å²) in [5.74, 6) is 0.151. The number of amides is 2. The molecule has 29 heavy (non-hydrogen) atoms. The van der Waals surface area contributed by atoms with Gasteiger partial charge in [-0.05, 0) is 32.1 Å².